The van der Waals surface area contributed by atoms with E-state index in [4.69, 9.17) is 11.5 Å². The Morgan fingerprint density at radius 3 is 1.67 bits per heavy atom. The number of aromatic nitrogens is 11. The maximum atomic E-state index is 12.7. The predicted molar refractivity (Wildman–Crippen MR) is 211 cm³/mol. The minimum Gasteiger partial charge on any atom is -0.479 e. The van der Waals surface area contributed by atoms with E-state index in [9.17, 15) is 41.7 Å². The highest BCUT2D eigenvalue weighted by atomic mass is 32.2. The number of hydrogen-bond donors (Lipinski definition) is 6. The zero-order valence-corrected chi connectivity index (χ0v) is 33.2. The van der Waals surface area contributed by atoms with Crippen LogP contribution in [0.25, 0.3) is 23.3 Å². The smallest absolute Gasteiger partial charge is 0.335 e. The van der Waals surface area contributed by atoms with Gasteiger partial charge in [0.05, 0.1) is 52.0 Å². The number of sulfone groups is 1. The minimum absolute atomic E-state index is 0.0227. The van der Waals surface area contributed by atoms with Gasteiger partial charge in [0.25, 0.3) is 11.9 Å². The lowest BCUT2D eigenvalue weighted by Gasteiger charge is -2.07. The first kappa shape index (κ1) is 40.9. The molecule has 0 amide bonds. The molecule has 5 heterocycles. The molecule has 0 aliphatic heterocycles. The number of nitrogens with two attached hydrogens (primary N) is 2. The van der Waals surface area contributed by atoms with Crippen molar-refractivity contribution in [3.63, 3.8) is 0 Å². The van der Waals surface area contributed by atoms with Crippen molar-refractivity contribution in [1.82, 2.24) is 54.1 Å². The fraction of sp³-hybridized carbons (Fsp3) is 0.121. The summed E-state index contributed by atoms with van der Waals surface area (Å²) in [7, 11) is -6.86. The van der Waals surface area contributed by atoms with Crippen LogP contribution in [0.5, 0.6) is 6.01 Å². The molecule has 7 rings (SSSR count). The first-order valence-corrected chi connectivity index (χ1v) is 20.3. The molecule has 0 atom stereocenters. The Hall–Kier alpha value is -8.27. The predicted octanol–water partition coefficient (Wildman–Crippen LogP) is 2.84. The highest BCUT2D eigenvalue weighted by molar-refractivity contribution is 7.90. The zero-order valence-electron chi connectivity index (χ0n) is 31.5. The second-order valence-corrected chi connectivity index (χ2v) is 15.7. The van der Waals surface area contributed by atoms with Crippen molar-refractivity contribution in [1.29, 1.82) is 0 Å². The number of carboxylic acids is 2. The number of nitrogens with zero attached hydrogens (tertiary/aromatic N) is 15. The first-order chi connectivity index (χ1) is 28.9. The molecule has 0 aliphatic carbocycles. The van der Waals surface area contributed by atoms with Crippen molar-refractivity contribution in [2.75, 3.05) is 17.7 Å². The first-order valence-electron chi connectivity index (χ1n) is 17.0. The van der Waals surface area contributed by atoms with Crippen LogP contribution in [0.15, 0.2) is 86.3 Å². The average molecular weight is 872 g/mol. The maximum Gasteiger partial charge on any atom is 0.335 e. The maximum absolute atomic E-state index is 12.7. The van der Waals surface area contributed by atoms with Gasteiger partial charge < -0.3 is 26.8 Å². The standard InChI is InChI=1S/C33H29N17O9S2/c1-15-23(41-43-27-19(14-60(56)57)12-36-47(27)20-8-4-6-17(10-20)29(51)52)25(34)49(45-15)31-38-32(40-33(55)39-31)50-26(35)24(16(2)46-50)42-44-28-22(61(3,58)59)13-37-48(28)21-9-5-7-18(11-21)30(53)54/h4-13,60H,14,34-35H2,1-3H3,(H,51,52)(H,53,54)(H,38,39,40,55). The van der Waals surface area contributed by atoms with Crippen molar-refractivity contribution in [3.05, 3.63) is 89.0 Å². The highest BCUT2D eigenvalue weighted by Crippen LogP contribution is 2.35. The van der Waals surface area contributed by atoms with Gasteiger partial charge in [-0.2, -0.15) is 44.7 Å². The molecule has 2 aromatic carbocycles. The van der Waals surface area contributed by atoms with Gasteiger partial charge >= 0.3 is 17.9 Å². The van der Waals surface area contributed by atoms with Crippen LogP contribution in [-0.4, -0.2) is 104 Å². The van der Waals surface area contributed by atoms with Crippen molar-refractivity contribution >= 4 is 67.1 Å². The lowest BCUT2D eigenvalue weighted by molar-refractivity contribution is 0.0686. The van der Waals surface area contributed by atoms with E-state index in [1.807, 2.05) is 0 Å². The summed E-state index contributed by atoms with van der Waals surface area (Å²) in [4.78, 5) is 35.0. The molecule has 0 saturated heterocycles. The molecule has 0 fully saturated rings. The van der Waals surface area contributed by atoms with Crippen molar-refractivity contribution in [2.45, 2.75) is 24.5 Å². The number of benzene rings is 2. The summed E-state index contributed by atoms with van der Waals surface area (Å²) in [6.07, 6.45) is 3.22. The fourth-order valence-electron chi connectivity index (χ4n) is 5.69. The number of rotatable bonds is 13. The van der Waals surface area contributed by atoms with E-state index in [-0.39, 0.29) is 90.9 Å². The lowest BCUT2D eigenvalue weighted by Crippen LogP contribution is -2.13. The van der Waals surface area contributed by atoms with Crippen molar-refractivity contribution in [2.24, 2.45) is 20.5 Å². The summed E-state index contributed by atoms with van der Waals surface area (Å²) in [5, 5.41) is 63.2. The Morgan fingerprint density at radius 2 is 1.20 bits per heavy atom. The third-order valence-corrected chi connectivity index (χ3v) is 10.2. The molecule has 7 aromatic rings. The van der Waals surface area contributed by atoms with Crippen molar-refractivity contribution in [3.8, 4) is 29.3 Å². The van der Waals surface area contributed by atoms with Gasteiger partial charge in [0.1, 0.15) is 15.6 Å². The van der Waals surface area contributed by atoms with E-state index < -0.39 is 44.2 Å². The van der Waals surface area contributed by atoms with Crippen LogP contribution in [0.1, 0.15) is 37.7 Å². The fourth-order valence-corrected chi connectivity index (χ4v) is 6.88. The Balaban J connectivity index is 1.24. The quantitative estimate of drug-likeness (QED) is 0.0716. The highest BCUT2D eigenvalue weighted by Gasteiger charge is 2.25. The molecular formula is C33H29N17O9S2. The number of azo groups is 2. The molecule has 61 heavy (non-hydrogen) atoms. The summed E-state index contributed by atoms with van der Waals surface area (Å²) in [6, 6.07) is 10.4. The molecule has 0 bridgehead atoms. The van der Waals surface area contributed by atoms with E-state index >= 15 is 0 Å². The number of carbonyl (C=O) groups is 2. The SMILES string of the molecule is Cc1nn(-c2nc(O)nc(-n3nc(C)c(N=Nc4c(S(C)(=O)=O)cnn4-c4cccc(C(=O)O)c4)c3N)n2)c(N)c1N=Nc1c(C[SH](=O)=O)cnn1-c1cccc(C(=O)O)c1. The molecule has 0 spiro atoms. The number of aromatic carboxylic acids is 2. The number of thiol groups is 1. The van der Waals surface area contributed by atoms with Crippen LogP contribution in [-0.2, 0) is 26.3 Å². The molecular weight excluding hydrogens is 843 g/mol. The van der Waals surface area contributed by atoms with Crippen LogP contribution >= 0.6 is 0 Å². The Morgan fingerprint density at radius 1 is 0.721 bits per heavy atom. The summed E-state index contributed by atoms with van der Waals surface area (Å²) in [5.74, 6) is -4.32. The van der Waals surface area contributed by atoms with E-state index in [0.717, 1.165) is 26.5 Å². The molecule has 0 saturated carbocycles. The summed E-state index contributed by atoms with van der Waals surface area (Å²) < 4.78 is 53.0. The van der Waals surface area contributed by atoms with E-state index in [1.54, 1.807) is 0 Å². The van der Waals surface area contributed by atoms with Crippen LogP contribution < -0.4 is 11.5 Å². The van der Waals surface area contributed by atoms with E-state index in [2.05, 4.69) is 55.8 Å². The van der Waals surface area contributed by atoms with Crippen LogP contribution in [0, 0.1) is 13.8 Å². The molecule has 0 aliphatic rings. The zero-order chi connectivity index (χ0) is 43.9. The second-order valence-electron chi connectivity index (χ2n) is 12.7. The number of nitrogen functional groups attached to an aromatic ring is 2. The van der Waals surface area contributed by atoms with Gasteiger partial charge in [-0.1, -0.05) is 12.1 Å². The van der Waals surface area contributed by atoms with E-state index in [1.165, 1.54) is 73.3 Å². The summed E-state index contributed by atoms with van der Waals surface area (Å²) in [5.41, 5.74) is 13.5. The molecule has 312 valence electrons. The van der Waals surface area contributed by atoms with E-state index in [0.29, 0.717) is 0 Å². The largest absolute Gasteiger partial charge is 0.479 e. The van der Waals surface area contributed by atoms with Crippen LogP contribution in [0.2, 0.25) is 0 Å². The van der Waals surface area contributed by atoms with Gasteiger partial charge in [0, 0.05) is 11.8 Å². The van der Waals surface area contributed by atoms with Gasteiger partial charge in [-0.25, -0.2) is 35.8 Å². The minimum atomic E-state index is -3.92. The van der Waals surface area contributed by atoms with Gasteiger partial charge in [-0.15, -0.1) is 20.5 Å². The normalized spacial score (nSPS) is 12.0. The second kappa shape index (κ2) is 15.8. The summed E-state index contributed by atoms with van der Waals surface area (Å²) in [6.45, 7) is 3.01. The molecule has 5 aromatic heterocycles. The Kier molecular flexibility index (Phi) is 10.6. The van der Waals surface area contributed by atoms with Gasteiger partial charge in [-0.3, -0.25) is 0 Å². The van der Waals surface area contributed by atoms with Gasteiger partial charge in [0.2, 0.25) is 0 Å². The van der Waals surface area contributed by atoms with Gasteiger partial charge in [-0.05, 0) is 50.2 Å². The number of hydrogen-bond acceptors (Lipinski definition) is 20. The van der Waals surface area contributed by atoms with Crippen molar-refractivity contribution < 1.29 is 41.7 Å². The Bertz CT molecular complexity index is 3170. The number of anilines is 2. The average Bonchev–Trinajstić information content (AvgIpc) is 3.96. The third-order valence-electron chi connectivity index (χ3n) is 8.50. The third kappa shape index (κ3) is 8.09. The Labute approximate surface area is 343 Å². The molecule has 28 heteroatoms. The molecule has 26 nitrogen and oxygen atoms in total. The lowest BCUT2D eigenvalue weighted by atomic mass is 10.2. The number of aromatic hydroxyl groups is 1. The van der Waals surface area contributed by atoms with Gasteiger partial charge in [0.15, 0.2) is 44.5 Å². The monoisotopic (exact) mass is 871 g/mol. The molecule has 0 unspecified atom stereocenters. The molecule has 0 radical (unpaired) electrons. The molecule has 7 N–H and O–H groups in total. The number of carboxylic acid groups (broad SMARTS) is 2. The summed E-state index contributed by atoms with van der Waals surface area (Å²) >= 11 is 0. The van der Waals surface area contributed by atoms with Crippen LogP contribution in [0.4, 0.5) is 34.6 Å². The number of aryl methyl sites for hydroxylation is 2. The van der Waals surface area contributed by atoms with Crippen LogP contribution in [0.3, 0.4) is 0 Å². The topological polar surface area (TPSA) is 375 Å².